The fourth-order valence-corrected chi connectivity index (χ4v) is 2.47. The van der Waals surface area contributed by atoms with E-state index in [0.29, 0.717) is 5.92 Å². The molecule has 3 unspecified atom stereocenters. The molecule has 3 aliphatic carbocycles. The first-order valence-electron chi connectivity index (χ1n) is 4.56. The number of carbonyl (C=O) groups is 1. The molecule has 3 atom stereocenters. The van der Waals surface area contributed by atoms with Gasteiger partial charge in [0.25, 0.3) is 0 Å². The average Bonchev–Trinajstić information content (AvgIpc) is 2.19. The number of carbonyl (C=O) groups excluding carboxylic acids is 1. The van der Waals surface area contributed by atoms with Gasteiger partial charge >= 0.3 is 0 Å². The Kier molecular flexibility index (Phi) is 1.80. The molecule has 0 aromatic carbocycles. The molecule has 12 heavy (non-hydrogen) atoms. The van der Waals surface area contributed by atoms with Crippen LogP contribution in [0.4, 0.5) is 0 Å². The summed E-state index contributed by atoms with van der Waals surface area (Å²) in [6.07, 6.45) is 8.31. The molecule has 1 fully saturated rings. The van der Waals surface area contributed by atoms with Crippen molar-refractivity contribution in [2.75, 3.05) is 6.61 Å². The first kappa shape index (κ1) is 7.99. The lowest BCUT2D eigenvalue weighted by atomic mass is 9.60. The van der Waals surface area contributed by atoms with Gasteiger partial charge < -0.3 is 9.90 Å². The van der Waals surface area contributed by atoms with Crippen molar-refractivity contribution in [2.24, 2.45) is 17.3 Å². The smallest absolute Gasteiger partial charge is 0.124 e. The molecule has 0 amide bonds. The third-order valence-corrected chi connectivity index (χ3v) is 3.43. The van der Waals surface area contributed by atoms with Gasteiger partial charge in [0, 0.05) is 11.3 Å². The lowest BCUT2D eigenvalue weighted by Crippen LogP contribution is -2.41. The highest BCUT2D eigenvalue weighted by atomic mass is 16.3. The predicted molar refractivity (Wildman–Crippen MR) is 45.6 cm³/mol. The molecule has 0 spiro atoms. The quantitative estimate of drug-likeness (QED) is 0.493. The molecule has 0 saturated heterocycles. The van der Waals surface area contributed by atoms with Crippen molar-refractivity contribution in [1.29, 1.82) is 0 Å². The SMILES string of the molecule is O=CC1CC2C=CC1(CO)CC2. The van der Waals surface area contributed by atoms with Gasteiger partial charge in [0.05, 0.1) is 6.61 Å². The second-order valence-electron chi connectivity index (χ2n) is 4.03. The minimum absolute atomic E-state index is 0.0613. The van der Waals surface area contributed by atoms with Crippen LogP contribution in [0.5, 0.6) is 0 Å². The van der Waals surface area contributed by atoms with Crippen molar-refractivity contribution in [2.45, 2.75) is 19.3 Å². The Morgan fingerprint density at radius 2 is 2.50 bits per heavy atom. The van der Waals surface area contributed by atoms with Crippen LogP contribution in [0.1, 0.15) is 19.3 Å². The van der Waals surface area contributed by atoms with E-state index in [-0.39, 0.29) is 17.9 Å². The van der Waals surface area contributed by atoms with Crippen LogP contribution >= 0.6 is 0 Å². The van der Waals surface area contributed by atoms with E-state index in [1.165, 1.54) is 0 Å². The van der Waals surface area contributed by atoms with Gasteiger partial charge in [-0.25, -0.2) is 0 Å². The maximum atomic E-state index is 10.8. The highest BCUT2D eigenvalue weighted by Gasteiger charge is 2.43. The van der Waals surface area contributed by atoms with Gasteiger partial charge in [-0.15, -0.1) is 0 Å². The zero-order valence-corrected chi connectivity index (χ0v) is 7.07. The lowest BCUT2D eigenvalue weighted by Gasteiger charge is -2.44. The summed E-state index contributed by atoms with van der Waals surface area (Å²) in [7, 11) is 0. The van der Waals surface area contributed by atoms with E-state index in [0.717, 1.165) is 25.5 Å². The maximum absolute atomic E-state index is 10.8. The molecule has 0 aromatic rings. The topological polar surface area (TPSA) is 37.3 Å². The van der Waals surface area contributed by atoms with Gasteiger partial charge in [-0.05, 0) is 25.2 Å². The minimum Gasteiger partial charge on any atom is -0.395 e. The van der Waals surface area contributed by atoms with Gasteiger partial charge in [0.1, 0.15) is 6.29 Å². The summed E-state index contributed by atoms with van der Waals surface area (Å²) in [5, 5.41) is 9.26. The Bertz CT molecular complexity index is 222. The second kappa shape index (κ2) is 2.70. The highest BCUT2D eigenvalue weighted by molar-refractivity contribution is 5.57. The largest absolute Gasteiger partial charge is 0.395 e. The highest BCUT2D eigenvalue weighted by Crippen LogP contribution is 2.48. The molecule has 1 N–H and O–H groups in total. The molecule has 66 valence electrons. The molecule has 2 nitrogen and oxygen atoms in total. The van der Waals surface area contributed by atoms with Gasteiger partial charge in [0.15, 0.2) is 0 Å². The summed E-state index contributed by atoms with van der Waals surface area (Å²) in [5.41, 5.74) is -0.198. The summed E-state index contributed by atoms with van der Waals surface area (Å²) in [6.45, 7) is 0.125. The predicted octanol–water partition coefficient (Wildman–Crippen LogP) is 1.15. The van der Waals surface area contributed by atoms with E-state index in [9.17, 15) is 9.90 Å². The van der Waals surface area contributed by atoms with Crippen LogP contribution in [0.15, 0.2) is 12.2 Å². The number of aliphatic hydroxyl groups is 1. The normalized spacial score (nSPS) is 44.8. The van der Waals surface area contributed by atoms with Crippen LogP contribution in [0.25, 0.3) is 0 Å². The van der Waals surface area contributed by atoms with E-state index >= 15 is 0 Å². The monoisotopic (exact) mass is 166 g/mol. The Hall–Kier alpha value is -0.630. The van der Waals surface area contributed by atoms with Crippen molar-refractivity contribution in [1.82, 2.24) is 0 Å². The van der Waals surface area contributed by atoms with E-state index in [4.69, 9.17) is 0 Å². The van der Waals surface area contributed by atoms with E-state index in [1.54, 1.807) is 0 Å². The Morgan fingerprint density at radius 1 is 1.67 bits per heavy atom. The van der Waals surface area contributed by atoms with E-state index in [1.807, 2.05) is 0 Å². The summed E-state index contributed by atoms with van der Waals surface area (Å²) >= 11 is 0. The zero-order chi connectivity index (χ0) is 8.60. The van der Waals surface area contributed by atoms with Gasteiger partial charge in [0.2, 0.25) is 0 Å². The van der Waals surface area contributed by atoms with Crippen LogP contribution in [0.3, 0.4) is 0 Å². The molecule has 2 bridgehead atoms. The molecule has 2 heteroatoms. The van der Waals surface area contributed by atoms with Crippen molar-refractivity contribution in [3.8, 4) is 0 Å². The van der Waals surface area contributed by atoms with Crippen LogP contribution in [0.2, 0.25) is 0 Å². The first-order valence-corrected chi connectivity index (χ1v) is 4.56. The molecule has 0 aromatic heterocycles. The number of aldehydes is 1. The lowest BCUT2D eigenvalue weighted by molar-refractivity contribution is -0.117. The molecule has 0 aliphatic heterocycles. The summed E-state index contributed by atoms with van der Waals surface area (Å²) in [5.74, 6) is 0.653. The average molecular weight is 166 g/mol. The fourth-order valence-electron chi connectivity index (χ4n) is 2.47. The zero-order valence-electron chi connectivity index (χ0n) is 7.07. The second-order valence-corrected chi connectivity index (χ2v) is 4.03. The molecule has 0 heterocycles. The van der Waals surface area contributed by atoms with Crippen LogP contribution < -0.4 is 0 Å². The number of fused-ring (bicyclic) bond motifs is 2. The van der Waals surface area contributed by atoms with Crippen molar-refractivity contribution < 1.29 is 9.90 Å². The summed E-state index contributed by atoms with van der Waals surface area (Å²) in [4.78, 5) is 10.8. The van der Waals surface area contributed by atoms with Crippen LogP contribution in [0, 0.1) is 17.3 Å². The van der Waals surface area contributed by atoms with Gasteiger partial charge in [-0.2, -0.15) is 0 Å². The Morgan fingerprint density at radius 3 is 2.92 bits per heavy atom. The van der Waals surface area contributed by atoms with Gasteiger partial charge in [-0.3, -0.25) is 0 Å². The van der Waals surface area contributed by atoms with Crippen molar-refractivity contribution in [3.63, 3.8) is 0 Å². The number of hydrogen-bond donors (Lipinski definition) is 1. The van der Waals surface area contributed by atoms with Gasteiger partial charge in [-0.1, -0.05) is 12.2 Å². The minimum atomic E-state index is -0.198. The summed E-state index contributed by atoms with van der Waals surface area (Å²) < 4.78 is 0. The third kappa shape index (κ3) is 0.944. The number of allylic oxidation sites excluding steroid dienone is 1. The maximum Gasteiger partial charge on any atom is 0.124 e. The molecule has 0 radical (unpaired) electrons. The molecular formula is C10H14O2. The van der Waals surface area contributed by atoms with Crippen LogP contribution in [-0.2, 0) is 4.79 Å². The summed E-state index contributed by atoms with van der Waals surface area (Å²) in [6, 6.07) is 0. The number of rotatable bonds is 2. The van der Waals surface area contributed by atoms with Crippen molar-refractivity contribution >= 4 is 6.29 Å². The molecule has 1 saturated carbocycles. The Balaban J connectivity index is 2.31. The van der Waals surface area contributed by atoms with Crippen molar-refractivity contribution in [3.05, 3.63) is 12.2 Å². The molecule has 3 aliphatic rings. The van der Waals surface area contributed by atoms with E-state index < -0.39 is 0 Å². The Labute approximate surface area is 72.3 Å². The third-order valence-electron chi connectivity index (χ3n) is 3.43. The number of aliphatic hydroxyl groups excluding tert-OH is 1. The molecule has 3 rings (SSSR count). The number of hydrogen-bond acceptors (Lipinski definition) is 2. The first-order chi connectivity index (χ1) is 5.80. The molecular weight excluding hydrogens is 152 g/mol. The van der Waals surface area contributed by atoms with E-state index in [2.05, 4.69) is 12.2 Å². The standard InChI is InChI=1S/C10H14O2/c11-6-9-5-8-1-3-10(9,7-12)4-2-8/h1,3,6,8-9,12H,2,4-5,7H2. The fraction of sp³-hybridized carbons (Fsp3) is 0.700. The van der Waals surface area contributed by atoms with Crippen LogP contribution in [-0.4, -0.2) is 18.0 Å².